The molecular weight excluding hydrogens is 344 g/mol. The van der Waals surface area contributed by atoms with Gasteiger partial charge in [-0.2, -0.15) is 0 Å². The molecule has 12 heteroatoms. The van der Waals surface area contributed by atoms with E-state index in [1.807, 2.05) is 0 Å². The van der Waals surface area contributed by atoms with Crippen molar-refractivity contribution in [3.63, 3.8) is 0 Å². The van der Waals surface area contributed by atoms with E-state index in [0.29, 0.717) is 0 Å². The van der Waals surface area contributed by atoms with E-state index in [1.54, 1.807) is 0 Å². The Morgan fingerprint density at radius 2 is 1.24 bits per heavy atom. The highest BCUT2D eigenvalue weighted by Gasteiger charge is 2.74. The molecule has 0 aromatic heterocycles. The molecule has 4 atom stereocenters. The monoisotopic (exact) mass is 358 g/mol. The molecule has 0 N–H and O–H groups in total. The standard InChI is InChI=1S/C13H14N2O10/c1-24-10(18)12(14(20)21)4-6-3-7(8(12)16)5-13(9(6)17,15(22)23)11(19)25-2/h6-7H,3-5H2,1-2H3/t6-,7-,12-,13+/m1/s1. The first kappa shape index (κ1) is 18.4. The van der Waals surface area contributed by atoms with Crippen molar-refractivity contribution in [3.8, 4) is 0 Å². The molecule has 0 spiro atoms. The van der Waals surface area contributed by atoms with Gasteiger partial charge in [-0.1, -0.05) is 0 Å². The molecule has 0 saturated heterocycles. The lowest BCUT2D eigenvalue weighted by Gasteiger charge is -2.41. The topological polar surface area (TPSA) is 173 Å². The summed E-state index contributed by atoms with van der Waals surface area (Å²) in [5.41, 5.74) is -5.62. The highest BCUT2D eigenvalue weighted by Crippen LogP contribution is 2.47. The van der Waals surface area contributed by atoms with E-state index in [1.165, 1.54) is 0 Å². The summed E-state index contributed by atoms with van der Waals surface area (Å²) in [5.74, 6) is -8.10. The van der Waals surface area contributed by atoms with Crippen LogP contribution >= 0.6 is 0 Å². The van der Waals surface area contributed by atoms with Crippen molar-refractivity contribution in [1.29, 1.82) is 0 Å². The second-order valence-corrected chi connectivity index (χ2v) is 5.98. The van der Waals surface area contributed by atoms with Gasteiger partial charge in [-0.3, -0.25) is 29.8 Å². The van der Waals surface area contributed by atoms with Gasteiger partial charge in [-0.05, 0) is 6.42 Å². The molecule has 0 aromatic rings. The number of esters is 2. The van der Waals surface area contributed by atoms with Gasteiger partial charge in [-0.25, -0.2) is 9.59 Å². The quantitative estimate of drug-likeness (QED) is 0.260. The minimum atomic E-state index is -2.81. The molecule has 0 aromatic carbocycles. The molecule has 0 heterocycles. The number of carbonyl (C=O) groups is 4. The molecule has 2 bridgehead atoms. The highest BCUT2D eigenvalue weighted by molar-refractivity contribution is 6.14. The summed E-state index contributed by atoms with van der Waals surface area (Å²) in [7, 11) is 1.70. The van der Waals surface area contributed by atoms with Crippen molar-refractivity contribution >= 4 is 23.5 Å². The van der Waals surface area contributed by atoms with E-state index in [-0.39, 0.29) is 6.42 Å². The molecule has 2 rings (SSSR count). The number of nitro groups is 2. The van der Waals surface area contributed by atoms with E-state index in [2.05, 4.69) is 9.47 Å². The van der Waals surface area contributed by atoms with E-state index in [0.717, 1.165) is 14.2 Å². The molecule has 2 aliphatic carbocycles. The first-order valence-electron chi connectivity index (χ1n) is 7.14. The Bertz CT molecular complexity index is 645. The number of carbonyl (C=O) groups excluding carboxylic acids is 4. The largest absolute Gasteiger partial charge is 0.463 e. The van der Waals surface area contributed by atoms with Gasteiger partial charge < -0.3 is 9.47 Å². The number of ketones is 2. The van der Waals surface area contributed by atoms with Crippen LogP contribution in [-0.4, -0.2) is 58.6 Å². The van der Waals surface area contributed by atoms with Crippen molar-refractivity contribution < 1.29 is 38.5 Å². The van der Waals surface area contributed by atoms with Crippen molar-refractivity contribution in [3.05, 3.63) is 20.2 Å². The Labute approximate surface area is 139 Å². The van der Waals surface area contributed by atoms with Crippen LogP contribution in [0.15, 0.2) is 0 Å². The third-order valence-corrected chi connectivity index (χ3v) is 4.88. The Morgan fingerprint density at radius 1 is 0.920 bits per heavy atom. The number of rotatable bonds is 4. The third kappa shape index (κ3) is 2.20. The van der Waals surface area contributed by atoms with Gasteiger partial charge >= 0.3 is 23.0 Å². The Balaban J connectivity index is 2.59. The number of Topliss-reactive ketones (excluding diaryl/α,β-unsaturated/α-hetero) is 2. The Hall–Kier alpha value is -2.92. The van der Waals surface area contributed by atoms with E-state index < -0.39 is 69.1 Å². The van der Waals surface area contributed by atoms with Crippen LogP contribution in [-0.2, 0) is 28.7 Å². The van der Waals surface area contributed by atoms with Gasteiger partial charge in [0.2, 0.25) is 11.6 Å². The van der Waals surface area contributed by atoms with E-state index in [9.17, 15) is 39.4 Å². The third-order valence-electron chi connectivity index (χ3n) is 4.88. The number of hydrogen-bond donors (Lipinski definition) is 0. The maximum atomic E-state index is 12.6. The lowest BCUT2D eigenvalue weighted by Crippen LogP contribution is -2.69. The maximum absolute atomic E-state index is 12.6. The molecule has 0 aliphatic heterocycles. The molecular formula is C13H14N2O10. The molecule has 0 radical (unpaired) electrons. The average molecular weight is 358 g/mol. The van der Waals surface area contributed by atoms with Gasteiger partial charge in [0.05, 0.1) is 14.2 Å². The zero-order valence-corrected chi connectivity index (χ0v) is 13.3. The summed E-state index contributed by atoms with van der Waals surface area (Å²) in [6, 6.07) is 0. The van der Waals surface area contributed by atoms with Crippen LogP contribution in [0, 0.1) is 32.1 Å². The molecule has 25 heavy (non-hydrogen) atoms. The fraction of sp³-hybridized carbons (Fsp3) is 0.692. The van der Waals surface area contributed by atoms with E-state index >= 15 is 0 Å². The molecule has 0 unspecified atom stereocenters. The zero-order valence-electron chi connectivity index (χ0n) is 13.3. The predicted molar refractivity (Wildman–Crippen MR) is 74.3 cm³/mol. The van der Waals surface area contributed by atoms with Crippen LogP contribution in [0.1, 0.15) is 19.3 Å². The van der Waals surface area contributed by atoms with Gasteiger partial charge in [0.1, 0.15) is 0 Å². The van der Waals surface area contributed by atoms with Crippen LogP contribution in [0.4, 0.5) is 0 Å². The number of fused-ring (bicyclic) bond motifs is 2. The molecule has 136 valence electrons. The van der Waals surface area contributed by atoms with E-state index in [4.69, 9.17) is 0 Å². The van der Waals surface area contributed by atoms with Gasteiger partial charge in [0.15, 0.2) is 0 Å². The summed E-state index contributed by atoms with van der Waals surface area (Å²) in [4.78, 5) is 69.7. The first-order chi connectivity index (χ1) is 11.6. The van der Waals surface area contributed by atoms with Gasteiger partial charge in [-0.15, -0.1) is 0 Å². The summed E-state index contributed by atoms with van der Waals surface area (Å²) >= 11 is 0. The zero-order chi connectivity index (χ0) is 19.2. The lowest BCUT2D eigenvalue weighted by atomic mass is 9.58. The van der Waals surface area contributed by atoms with Crippen LogP contribution < -0.4 is 0 Å². The van der Waals surface area contributed by atoms with Crippen molar-refractivity contribution in [2.45, 2.75) is 30.3 Å². The predicted octanol–water partition coefficient (Wildman–Crippen LogP) is -1.07. The highest BCUT2D eigenvalue weighted by atomic mass is 16.6. The number of nitrogens with zero attached hydrogens (tertiary/aromatic N) is 2. The van der Waals surface area contributed by atoms with Crippen LogP contribution in [0.2, 0.25) is 0 Å². The van der Waals surface area contributed by atoms with Gasteiger partial charge in [0, 0.05) is 34.5 Å². The fourth-order valence-electron chi connectivity index (χ4n) is 3.68. The summed E-state index contributed by atoms with van der Waals surface area (Å²) in [6.45, 7) is 0. The number of hydrogen-bond acceptors (Lipinski definition) is 10. The van der Waals surface area contributed by atoms with Crippen molar-refractivity contribution in [2.75, 3.05) is 14.2 Å². The minimum Gasteiger partial charge on any atom is -0.463 e. The average Bonchev–Trinajstić information content (AvgIpc) is 2.58. The minimum absolute atomic E-state index is 0.211. The second-order valence-electron chi connectivity index (χ2n) is 5.98. The smallest absolute Gasteiger partial charge is 0.392 e. The summed E-state index contributed by atoms with van der Waals surface area (Å²) in [5, 5.41) is 22.9. The van der Waals surface area contributed by atoms with Crippen molar-refractivity contribution in [1.82, 2.24) is 0 Å². The summed E-state index contributed by atoms with van der Waals surface area (Å²) in [6.07, 6.45) is -2.00. The number of methoxy groups -OCH3 is 2. The normalized spacial score (nSPS) is 34.2. The Morgan fingerprint density at radius 3 is 1.48 bits per heavy atom. The number of ether oxygens (including phenoxy) is 2. The van der Waals surface area contributed by atoms with Gasteiger partial charge in [0.25, 0.3) is 0 Å². The molecule has 12 nitrogen and oxygen atoms in total. The fourth-order valence-corrected chi connectivity index (χ4v) is 3.68. The Kier molecular flexibility index (Phi) is 4.32. The second kappa shape index (κ2) is 5.86. The summed E-state index contributed by atoms with van der Waals surface area (Å²) < 4.78 is 8.71. The molecule has 2 aliphatic rings. The SMILES string of the molecule is COC(=O)[C@@]1([N+](=O)[O-])C[C@H]2C[C@H](C[C@](C(=O)OC)([N+](=O)[O-])C2=O)C1=O. The molecule has 0 amide bonds. The maximum Gasteiger partial charge on any atom is 0.392 e. The lowest BCUT2D eigenvalue weighted by molar-refractivity contribution is -0.552. The van der Waals surface area contributed by atoms with Crippen LogP contribution in [0.25, 0.3) is 0 Å². The van der Waals surface area contributed by atoms with Crippen LogP contribution in [0.5, 0.6) is 0 Å². The molecule has 2 fully saturated rings. The molecule has 2 saturated carbocycles. The van der Waals surface area contributed by atoms with Crippen molar-refractivity contribution in [2.24, 2.45) is 11.8 Å². The van der Waals surface area contributed by atoms with Crippen LogP contribution in [0.3, 0.4) is 0 Å². The first-order valence-corrected chi connectivity index (χ1v) is 7.14.